The third kappa shape index (κ3) is 3.01. The van der Waals surface area contributed by atoms with Gasteiger partial charge in [0, 0.05) is 16.7 Å². The number of rotatable bonds is 5. The fraction of sp³-hybridized carbons (Fsp3) is 0.241. The first-order valence-corrected chi connectivity index (χ1v) is 11.0. The Labute approximate surface area is 179 Å². The lowest BCUT2D eigenvalue weighted by Crippen LogP contribution is -2.21. The summed E-state index contributed by atoms with van der Waals surface area (Å²) in [5, 5.41) is 0. The minimum atomic E-state index is -0.379. The highest BCUT2D eigenvalue weighted by Crippen LogP contribution is 2.57. The van der Waals surface area contributed by atoms with Crippen LogP contribution in [0.2, 0.25) is 0 Å². The molecule has 0 atom stereocenters. The largest absolute Gasteiger partial charge is 0.482 e. The number of ether oxygens (including phenoxy) is 1. The zero-order chi connectivity index (χ0) is 20.7. The van der Waals surface area contributed by atoms with Gasteiger partial charge in [-0.25, -0.2) is 0 Å². The molecule has 0 amide bonds. The molecule has 0 N–H and O–H groups in total. The molecule has 1 nitrogen and oxygen atoms in total. The Hall–Kier alpha value is -3.06. The molecule has 0 bridgehead atoms. The van der Waals surface area contributed by atoms with Gasteiger partial charge in [-0.2, -0.15) is 0 Å². The van der Waals surface area contributed by atoms with E-state index in [1.807, 2.05) is 0 Å². The van der Waals surface area contributed by atoms with Crippen LogP contribution < -0.4 is 0 Å². The van der Waals surface area contributed by atoms with Crippen LogP contribution in [0.15, 0.2) is 84.4 Å². The van der Waals surface area contributed by atoms with Gasteiger partial charge in [-0.1, -0.05) is 92.2 Å². The van der Waals surface area contributed by atoms with Crippen molar-refractivity contribution in [1.29, 1.82) is 0 Å². The van der Waals surface area contributed by atoms with E-state index in [9.17, 15) is 0 Å². The first-order chi connectivity index (χ1) is 14.6. The van der Waals surface area contributed by atoms with Crippen LogP contribution in [0.4, 0.5) is 0 Å². The minimum Gasteiger partial charge on any atom is -0.482 e. The third-order valence-corrected chi connectivity index (χ3v) is 6.25. The first kappa shape index (κ1) is 18.9. The number of fused-ring (bicyclic) bond motifs is 3. The number of hydrogen-bond donors (Lipinski definition) is 0. The quantitative estimate of drug-likeness (QED) is 0.436. The molecule has 0 aromatic heterocycles. The number of unbranched alkanes of at least 4 members (excludes halogenated alkanes) is 1. The van der Waals surface area contributed by atoms with Crippen LogP contribution in [0.3, 0.4) is 0 Å². The topological polar surface area (TPSA) is 9.23 Å². The lowest BCUT2D eigenvalue weighted by Gasteiger charge is -2.24. The van der Waals surface area contributed by atoms with Crippen molar-refractivity contribution in [1.82, 2.24) is 0 Å². The van der Waals surface area contributed by atoms with E-state index in [1.165, 1.54) is 51.8 Å². The normalized spacial score (nSPS) is 16.5. The average Bonchev–Trinajstić information content (AvgIpc) is 3.26. The Bertz CT molecular complexity index is 1140. The Balaban J connectivity index is 1.71. The fourth-order valence-corrected chi connectivity index (χ4v) is 4.82. The standard InChI is InChI=1S/C29H28O/c1-4-5-11-20-16-18-22(19-17-20)28-26-24-15-10-9-14-23(24)25(21-12-7-6-8-13-21)27(26)29(2,3)30-28/h6-10,12-19H,4-5,11H2,1-3H3. The molecular weight excluding hydrogens is 364 g/mol. The summed E-state index contributed by atoms with van der Waals surface area (Å²) in [6, 6.07) is 28.5. The molecule has 0 radical (unpaired) electrons. The summed E-state index contributed by atoms with van der Waals surface area (Å²) in [5.41, 5.74) is 9.90. The molecule has 3 aromatic carbocycles. The van der Waals surface area contributed by atoms with E-state index in [0.29, 0.717) is 0 Å². The van der Waals surface area contributed by atoms with Crippen molar-refractivity contribution < 1.29 is 4.74 Å². The molecule has 1 aliphatic carbocycles. The van der Waals surface area contributed by atoms with Crippen LogP contribution in [0, 0.1) is 0 Å². The summed E-state index contributed by atoms with van der Waals surface area (Å²) >= 11 is 0. The molecule has 30 heavy (non-hydrogen) atoms. The average molecular weight is 393 g/mol. The number of hydrogen-bond acceptors (Lipinski definition) is 1. The van der Waals surface area contributed by atoms with Crippen molar-refractivity contribution in [2.75, 3.05) is 0 Å². The predicted octanol–water partition coefficient (Wildman–Crippen LogP) is 7.52. The molecule has 0 spiro atoms. The third-order valence-electron chi connectivity index (χ3n) is 6.25. The van der Waals surface area contributed by atoms with Gasteiger partial charge in [-0.15, -0.1) is 0 Å². The molecule has 3 aromatic rings. The second-order valence-corrected chi connectivity index (χ2v) is 8.78. The van der Waals surface area contributed by atoms with E-state index >= 15 is 0 Å². The highest BCUT2D eigenvalue weighted by molar-refractivity contribution is 6.14. The van der Waals surface area contributed by atoms with E-state index in [1.54, 1.807) is 0 Å². The van der Waals surface area contributed by atoms with Crippen molar-refractivity contribution in [2.45, 2.75) is 45.6 Å². The number of benzene rings is 3. The summed E-state index contributed by atoms with van der Waals surface area (Å²) in [7, 11) is 0. The summed E-state index contributed by atoms with van der Waals surface area (Å²) in [6.45, 7) is 6.63. The van der Waals surface area contributed by atoms with Crippen LogP contribution in [0.25, 0.3) is 16.9 Å². The van der Waals surface area contributed by atoms with Crippen molar-refractivity contribution in [3.63, 3.8) is 0 Å². The van der Waals surface area contributed by atoms with Gasteiger partial charge in [-0.3, -0.25) is 0 Å². The molecule has 1 aliphatic heterocycles. The Morgan fingerprint density at radius 3 is 2.00 bits per heavy atom. The van der Waals surface area contributed by atoms with Gasteiger partial charge in [0.15, 0.2) is 0 Å². The lowest BCUT2D eigenvalue weighted by molar-refractivity contribution is 0.133. The maximum atomic E-state index is 6.65. The second-order valence-electron chi connectivity index (χ2n) is 8.78. The second kappa shape index (κ2) is 7.32. The van der Waals surface area contributed by atoms with Crippen LogP contribution in [-0.4, -0.2) is 5.60 Å². The molecule has 1 heterocycles. The highest BCUT2D eigenvalue weighted by Gasteiger charge is 2.45. The molecule has 2 aliphatic rings. The van der Waals surface area contributed by atoms with Crippen LogP contribution in [0.1, 0.15) is 61.4 Å². The van der Waals surface area contributed by atoms with Crippen LogP contribution >= 0.6 is 0 Å². The predicted molar refractivity (Wildman–Crippen MR) is 126 cm³/mol. The summed E-state index contributed by atoms with van der Waals surface area (Å²) in [6.07, 6.45) is 3.60. The minimum absolute atomic E-state index is 0.379. The molecule has 0 saturated carbocycles. The zero-order valence-corrected chi connectivity index (χ0v) is 18.0. The molecule has 0 unspecified atom stereocenters. The first-order valence-electron chi connectivity index (χ1n) is 11.0. The maximum absolute atomic E-state index is 6.65. The van der Waals surface area contributed by atoms with Gasteiger partial charge in [0.25, 0.3) is 0 Å². The Kier molecular flexibility index (Phi) is 4.62. The Morgan fingerprint density at radius 2 is 1.33 bits per heavy atom. The van der Waals surface area contributed by atoms with Gasteiger partial charge in [0.1, 0.15) is 11.4 Å². The zero-order valence-electron chi connectivity index (χ0n) is 18.0. The van der Waals surface area contributed by atoms with Gasteiger partial charge in [-0.05, 0) is 54.5 Å². The Morgan fingerprint density at radius 1 is 0.700 bits per heavy atom. The van der Waals surface area contributed by atoms with E-state index in [0.717, 1.165) is 17.7 Å². The molecular formula is C29H28O. The van der Waals surface area contributed by atoms with E-state index in [4.69, 9.17) is 4.74 Å². The smallest absolute Gasteiger partial charge is 0.136 e. The molecule has 0 saturated heterocycles. The van der Waals surface area contributed by atoms with E-state index in [2.05, 4.69) is 99.6 Å². The summed E-state index contributed by atoms with van der Waals surface area (Å²) in [5.74, 6) is 1.01. The maximum Gasteiger partial charge on any atom is 0.136 e. The SMILES string of the molecule is CCCCc1ccc(C2=C3C(=C(c4ccccc4)c4ccccc43)C(C)(C)O2)cc1. The molecule has 0 fully saturated rings. The highest BCUT2D eigenvalue weighted by atomic mass is 16.5. The molecule has 150 valence electrons. The van der Waals surface area contributed by atoms with Crippen molar-refractivity contribution in [3.8, 4) is 0 Å². The van der Waals surface area contributed by atoms with Crippen molar-refractivity contribution in [2.24, 2.45) is 0 Å². The lowest BCUT2D eigenvalue weighted by atomic mass is 9.89. The molecule has 1 heteroatoms. The van der Waals surface area contributed by atoms with E-state index < -0.39 is 0 Å². The van der Waals surface area contributed by atoms with Gasteiger partial charge < -0.3 is 4.74 Å². The molecule has 5 rings (SSSR count). The monoisotopic (exact) mass is 392 g/mol. The van der Waals surface area contributed by atoms with Gasteiger partial charge in [0.05, 0.1) is 0 Å². The summed E-state index contributed by atoms with van der Waals surface area (Å²) in [4.78, 5) is 0. The van der Waals surface area contributed by atoms with E-state index in [-0.39, 0.29) is 5.60 Å². The fourth-order valence-electron chi connectivity index (χ4n) is 4.82. The van der Waals surface area contributed by atoms with Crippen molar-refractivity contribution >= 4 is 16.9 Å². The number of aryl methyl sites for hydroxylation is 1. The summed E-state index contributed by atoms with van der Waals surface area (Å²) < 4.78 is 6.65. The van der Waals surface area contributed by atoms with Crippen LogP contribution in [-0.2, 0) is 11.2 Å². The van der Waals surface area contributed by atoms with Gasteiger partial charge >= 0.3 is 0 Å². The van der Waals surface area contributed by atoms with Crippen molar-refractivity contribution in [3.05, 3.63) is 112 Å². The van der Waals surface area contributed by atoms with Gasteiger partial charge in [0.2, 0.25) is 0 Å². The van der Waals surface area contributed by atoms with Crippen LogP contribution in [0.5, 0.6) is 0 Å².